The number of aryl methyl sites for hydroxylation is 1. The summed E-state index contributed by atoms with van der Waals surface area (Å²) < 4.78 is 1.90. The summed E-state index contributed by atoms with van der Waals surface area (Å²) in [5.41, 5.74) is 2.29. The Bertz CT molecular complexity index is 1060. The second kappa shape index (κ2) is 9.55. The molecule has 2 heterocycles. The summed E-state index contributed by atoms with van der Waals surface area (Å²) in [6, 6.07) is 24.2. The molecule has 2 aromatic heterocycles. The number of hydrogen-bond acceptors (Lipinski definition) is 4. The number of para-hydroxylation sites is 1. The largest absolute Gasteiger partial charge is 0.361 e. The highest BCUT2D eigenvalue weighted by atomic mass is 32.1. The lowest BCUT2D eigenvalue weighted by atomic mass is 9.99. The van der Waals surface area contributed by atoms with Gasteiger partial charge in [-0.1, -0.05) is 48.5 Å². The average Bonchev–Trinajstić information content (AvgIpc) is 3.49. The topological polar surface area (TPSA) is 38.1 Å². The van der Waals surface area contributed by atoms with Crippen LogP contribution in [0.4, 0.5) is 5.69 Å². The molecule has 0 saturated carbocycles. The van der Waals surface area contributed by atoms with Crippen LogP contribution in [0.2, 0.25) is 0 Å². The van der Waals surface area contributed by atoms with Crippen molar-refractivity contribution in [2.24, 2.45) is 0 Å². The Hall–Kier alpha value is -3.18. The SMILES string of the molecule is CCN(c1ccccc1)[C@@H](CCc1ccccc1)C(=O)c1nccn1-c1cccs1. The van der Waals surface area contributed by atoms with Gasteiger partial charge in [-0.25, -0.2) is 4.98 Å². The molecule has 30 heavy (non-hydrogen) atoms. The minimum absolute atomic E-state index is 0.0510. The van der Waals surface area contributed by atoms with Gasteiger partial charge in [0.05, 0.1) is 6.04 Å². The van der Waals surface area contributed by atoms with Crippen molar-refractivity contribution in [3.05, 3.63) is 102 Å². The number of imidazole rings is 1. The van der Waals surface area contributed by atoms with Crippen LogP contribution in [0.25, 0.3) is 5.00 Å². The molecule has 0 saturated heterocycles. The molecule has 0 N–H and O–H groups in total. The van der Waals surface area contributed by atoms with Crippen molar-refractivity contribution in [2.45, 2.75) is 25.8 Å². The Morgan fingerprint density at radius 3 is 2.43 bits per heavy atom. The first kappa shape index (κ1) is 20.1. The van der Waals surface area contributed by atoms with Crippen LogP contribution in [0.1, 0.15) is 29.5 Å². The van der Waals surface area contributed by atoms with Gasteiger partial charge in [0.2, 0.25) is 5.78 Å². The fourth-order valence-corrected chi connectivity index (χ4v) is 4.51. The Balaban J connectivity index is 1.67. The molecule has 0 spiro atoms. The number of Topliss-reactive ketones (excluding diaryl/α,β-unsaturated/α-hetero) is 1. The third kappa shape index (κ3) is 4.36. The molecule has 1 atom stereocenters. The molecule has 4 aromatic rings. The summed E-state index contributed by atoms with van der Waals surface area (Å²) in [6.45, 7) is 2.84. The molecule has 5 heteroatoms. The molecule has 4 nitrogen and oxygen atoms in total. The molecular weight excluding hydrogens is 390 g/mol. The normalized spacial score (nSPS) is 11.9. The number of ketones is 1. The number of anilines is 1. The zero-order valence-corrected chi connectivity index (χ0v) is 17.8. The van der Waals surface area contributed by atoms with Gasteiger partial charge in [0.25, 0.3) is 0 Å². The summed E-state index contributed by atoms with van der Waals surface area (Å²) in [6.07, 6.45) is 5.13. The Morgan fingerprint density at radius 1 is 1.03 bits per heavy atom. The van der Waals surface area contributed by atoms with E-state index in [4.69, 9.17) is 0 Å². The van der Waals surface area contributed by atoms with Crippen LogP contribution in [0, 0.1) is 0 Å². The summed E-state index contributed by atoms with van der Waals surface area (Å²) >= 11 is 1.60. The summed E-state index contributed by atoms with van der Waals surface area (Å²) in [4.78, 5) is 20.4. The van der Waals surface area contributed by atoms with E-state index >= 15 is 0 Å². The maximum absolute atomic E-state index is 13.8. The fourth-order valence-electron chi connectivity index (χ4n) is 3.80. The molecule has 0 amide bonds. The number of thiophene rings is 1. The van der Waals surface area contributed by atoms with Gasteiger partial charge >= 0.3 is 0 Å². The smallest absolute Gasteiger partial charge is 0.220 e. The zero-order chi connectivity index (χ0) is 20.8. The van der Waals surface area contributed by atoms with Crippen molar-refractivity contribution >= 4 is 22.8 Å². The van der Waals surface area contributed by atoms with Crippen molar-refractivity contribution < 1.29 is 4.79 Å². The summed E-state index contributed by atoms with van der Waals surface area (Å²) in [5.74, 6) is 0.542. The van der Waals surface area contributed by atoms with E-state index in [0.717, 1.165) is 30.1 Å². The van der Waals surface area contributed by atoms with E-state index in [2.05, 4.69) is 41.1 Å². The lowest BCUT2D eigenvalue weighted by molar-refractivity contribution is 0.0941. The molecule has 0 unspecified atom stereocenters. The maximum atomic E-state index is 13.8. The highest BCUT2D eigenvalue weighted by Gasteiger charge is 2.29. The van der Waals surface area contributed by atoms with E-state index in [1.165, 1.54) is 5.56 Å². The van der Waals surface area contributed by atoms with Gasteiger partial charge in [0, 0.05) is 24.6 Å². The summed E-state index contributed by atoms with van der Waals surface area (Å²) in [5, 5.41) is 3.01. The Morgan fingerprint density at radius 2 is 1.77 bits per heavy atom. The van der Waals surface area contributed by atoms with E-state index in [9.17, 15) is 4.79 Å². The van der Waals surface area contributed by atoms with E-state index in [0.29, 0.717) is 5.82 Å². The molecule has 0 aliphatic heterocycles. The number of benzene rings is 2. The minimum atomic E-state index is -0.293. The van der Waals surface area contributed by atoms with Gasteiger partial charge < -0.3 is 4.90 Å². The first-order chi connectivity index (χ1) is 14.8. The highest BCUT2D eigenvalue weighted by molar-refractivity contribution is 7.12. The maximum Gasteiger partial charge on any atom is 0.220 e. The van der Waals surface area contributed by atoms with Crippen molar-refractivity contribution in [3.8, 4) is 5.00 Å². The van der Waals surface area contributed by atoms with Crippen LogP contribution in [-0.4, -0.2) is 27.9 Å². The molecule has 0 aliphatic carbocycles. The number of hydrogen-bond donors (Lipinski definition) is 0. The molecule has 0 bridgehead atoms. The van der Waals surface area contributed by atoms with Crippen molar-refractivity contribution in [1.82, 2.24) is 9.55 Å². The molecular formula is C25H25N3OS. The van der Waals surface area contributed by atoms with E-state index in [1.54, 1.807) is 17.5 Å². The quantitative estimate of drug-likeness (QED) is 0.332. The molecule has 0 aliphatic rings. The van der Waals surface area contributed by atoms with Crippen LogP contribution in [0.3, 0.4) is 0 Å². The van der Waals surface area contributed by atoms with E-state index in [-0.39, 0.29) is 11.8 Å². The lowest BCUT2D eigenvalue weighted by Gasteiger charge is -2.32. The summed E-state index contributed by atoms with van der Waals surface area (Å²) in [7, 11) is 0. The van der Waals surface area contributed by atoms with Crippen LogP contribution in [0.5, 0.6) is 0 Å². The number of carbonyl (C=O) groups is 1. The molecule has 0 fully saturated rings. The van der Waals surface area contributed by atoms with Crippen LogP contribution < -0.4 is 4.90 Å². The molecule has 0 radical (unpaired) electrons. The van der Waals surface area contributed by atoms with Crippen molar-refractivity contribution in [3.63, 3.8) is 0 Å². The predicted octanol–water partition coefficient (Wildman–Crippen LogP) is 5.64. The second-order valence-corrected chi connectivity index (χ2v) is 8.02. The average molecular weight is 416 g/mol. The standard InChI is InChI=1S/C25H25N3OS/c1-2-27(21-12-7-4-8-13-21)22(16-15-20-10-5-3-6-11-20)24(29)25-26-17-18-28(25)23-14-9-19-30-23/h3-14,17-19,22H,2,15-16H2,1H3/t22-/m0/s1. The van der Waals surface area contributed by atoms with Gasteiger partial charge in [-0.2, -0.15) is 0 Å². The van der Waals surface area contributed by atoms with Gasteiger partial charge in [0.15, 0.2) is 5.82 Å². The van der Waals surface area contributed by atoms with Crippen LogP contribution in [0.15, 0.2) is 90.6 Å². The van der Waals surface area contributed by atoms with Gasteiger partial charge in [-0.3, -0.25) is 9.36 Å². The van der Waals surface area contributed by atoms with Gasteiger partial charge in [-0.05, 0) is 55.0 Å². The Labute approximate surface area is 181 Å². The number of nitrogens with zero attached hydrogens (tertiary/aromatic N) is 3. The molecule has 152 valence electrons. The van der Waals surface area contributed by atoms with Crippen LogP contribution >= 0.6 is 11.3 Å². The van der Waals surface area contributed by atoms with Crippen molar-refractivity contribution in [2.75, 3.05) is 11.4 Å². The molecule has 2 aromatic carbocycles. The van der Waals surface area contributed by atoms with Crippen LogP contribution in [-0.2, 0) is 6.42 Å². The third-order valence-electron chi connectivity index (χ3n) is 5.26. The molecule has 4 rings (SSSR count). The first-order valence-corrected chi connectivity index (χ1v) is 11.1. The second-order valence-electron chi connectivity index (χ2n) is 7.10. The van der Waals surface area contributed by atoms with E-state index < -0.39 is 0 Å². The zero-order valence-electron chi connectivity index (χ0n) is 17.0. The Kier molecular flexibility index (Phi) is 6.40. The van der Waals surface area contributed by atoms with Crippen molar-refractivity contribution in [1.29, 1.82) is 0 Å². The predicted molar refractivity (Wildman–Crippen MR) is 124 cm³/mol. The van der Waals surface area contributed by atoms with Gasteiger partial charge in [-0.15, -0.1) is 11.3 Å². The number of aromatic nitrogens is 2. The number of carbonyl (C=O) groups excluding carboxylic acids is 1. The number of rotatable bonds is 9. The fraction of sp³-hybridized carbons (Fsp3) is 0.200. The van der Waals surface area contributed by atoms with Gasteiger partial charge in [0.1, 0.15) is 5.00 Å². The number of likely N-dealkylation sites (N-methyl/N-ethyl adjacent to an activating group) is 1. The first-order valence-electron chi connectivity index (χ1n) is 10.2. The third-order valence-corrected chi connectivity index (χ3v) is 6.13. The highest BCUT2D eigenvalue weighted by Crippen LogP contribution is 2.24. The minimum Gasteiger partial charge on any atom is -0.361 e. The lowest BCUT2D eigenvalue weighted by Crippen LogP contribution is -2.42. The monoisotopic (exact) mass is 415 g/mol. The van der Waals surface area contributed by atoms with E-state index in [1.807, 2.05) is 64.7 Å².